The Morgan fingerprint density at radius 1 is 1.00 bits per heavy atom. The van der Waals surface area contributed by atoms with Crippen LogP contribution in [0.25, 0.3) is 0 Å². The molecule has 15 heavy (non-hydrogen) atoms. The fourth-order valence-corrected chi connectivity index (χ4v) is 1.65. The lowest BCUT2D eigenvalue weighted by molar-refractivity contribution is 1.02. The second-order valence-corrected chi connectivity index (χ2v) is 3.33. The molecule has 1 heteroatoms. The number of hydrogen-bond acceptors (Lipinski definition) is 1. The molecule has 0 unspecified atom stereocenters. The first-order valence-electron chi connectivity index (χ1n) is 5.21. The molecule has 2 aromatic rings. The van der Waals surface area contributed by atoms with E-state index in [1.54, 1.807) is 0 Å². The van der Waals surface area contributed by atoms with Gasteiger partial charge in [-0.25, -0.2) is 0 Å². The van der Waals surface area contributed by atoms with Crippen LogP contribution in [0.4, 0.5) is 11.4 Å². The van der Waals surface area contributed by atoms with E-state index in [-0.39, 0.29) is 0 Å². The van der Waals surface area contributed by atoms with Crippen molar-refractivity contribution in [2.45, 2.75) is 6.92 Å². The molecule has 75 valence electrons. The highest BCUT2D eigenvalue weighted by Gasteiger charge is 2.04. The summed E-state index contributed by atoms with van der Waals surface area (Å²) in [7, 11) is 0. The van der Waals surface area contributed by atoms with Crippen LogP contribution < -0.4 is 4.90 Å². The highest BCUT2D eigenvalue weighted by Crippen LogP contribution is 2.23. The van der Waals surface area contributed by atoms with E-state index in [2.05, 4.69) is 48.2 Å². The summed E-state index contributed by atoms with van der Waals surface area (Å²) in [5.74, 6) is 0. The maximum absolute atomic E-state index is 3.24. The summed E-state index contributed by atoms with van der Waals surface area (Å²) in [4.78, 5) is 2.24. The fraction of sp³-hybridized carbons (Fsp3) is 0.143. The van der Waals surface area contributed by atoms with E-state index in [0.29, 0.717) is 0 Å². The van der Waals surface area contributed by atoms with Gasteiger partial charge in [-0.1, -0.05) is 36.4 Å². The van der Waals surface area contributed by atoms with Gasteiger partial charge in [0.15, 0.2) is 0 Å². The lowest BCUT2D eigenvalue weighted by Crippen LogP contribution is -2.15. The number of hydrogen-bond donors (Lipinski definition) is 0. The van der Waals surface area contributed by atoms with E-state index in [9.17, 15) is 0 Å². The molecule has 0 fully saturated rings. The average Bonchev–Trinajstić information content (AvgIpc) is 2.33. The van der Waals surface area contributed by atoms with Crippen molar-refractivity contribution in [1.82, 2.24) is 0 Å². The molecule has 0 bridgehead atoms. The first kappa shape index (κ1) is 9.78. The molecule has 0 saturated heterocycles. The molecule has 0 spiro atoms. The molecule has 0 aliphatic rings. The molecular weight excluding hydrogens is 182 g/mol. The Morgan fingerprint density at radius 2 is 1.73 bits per heavy atom. The Morgan fingerprint density at radius 3 is 2.33 bits per heavy atom. The summed E-state index contributed by atoms with van der Waals surface area (Å²) in [6, 6.07) is 21.7. The zero-order valence-corrected chi connectivity index (χ0v) is 8.85. The first-order valence-corrected chi connectivity index (χ1v) is 5.21. The minimum atomic E-state index is 0.949. The predicted molar refractivity (Wildman–Crippen MR) is 64.4 cm³/mol. The van der Waals surface area contributed by atoms with Crippen molar-refractivity contribution in [3.05, 3.63) is 60.7 Å². The third-order valence-electron chi connectivity index (χ3n) is 2.37. The third kappa shape index (κ3) is 2.18. The molecule has 0 heterocycles. The molecule has 0 aliphatic carbocycles. The van der Waals surface area contributed by atoms with Crippen LogP contribution in [-0.2, 0) is 0 Å². The maximum Gasteiger partial charge on any atom is 0.0491 e. The second kappa shape index (κ2) is 4.65. The highest BCUT2D eigenvalue weighted by molar-refractivity contribution is 5.62. The van der Waals surface area contributed by atoms with Crippen LogP contribution in [0.3, 0.4) is 0 Å². The fourth-order valence-electron chi connectivity index (χ4n) is 1.65. The quantitative estimate of drug-likeness (QED) is 0.724. The number of rotatable bonds is 3. The SMILES string of the molecule is CCN(c1[c]cccc1)c1ccccc1. The van der Waals surface area contributed by atoms with Crippen molar-refractivity contribution in [2.75, 3.05) is 11.4 Å². The molecular formula is C14H14N. The summed E-state index contributed by atoms with van der Waals surface area (Å²) in [6.45, 7) is 3.10. The minimum absolute atomic E-state index is 0.949. The molecule has 1 nitrogen and oxygen atoms in total. The normalized spacial score (nSPS) is 9.93. The summed E-state index contributed by atoms with van der Waals surface area (Å²) in [6.07, 6.45) is 0. The van der Waals surface area contributed by atoms with Gasteiger partial charge in [0.1, 0.15) is 0 Å². The third-order valence-corrected chi connectivity index (χ3v) is 2.37. The number of para-hydroxylation sites is 2. The second-order valence-electron chi connectivity index (χ2n) is 3.33. The summed E-state index contributed by atoms with van der Waals surface area (Å²) in [5.41, 5.74) is 2.33. The molecule has 0 saturated carbocycles. The minimum Gasteiger partial charge on any atom is -0.341 e. The molecule has 0 atom stereocenters. The highest BCUT2D eigenvalue weighted by atomic mass is 15.1. The van der Waals surface area contributed by atoms with Gasteiger partial charge in [-0.15, -0.1) is 0 Å². The van der Waals surface area contributed by atoms with Gasteiger partial charge in [0.05, 0.1) is 0 Å². The van der Waals surface area contributed by atoms with E-state index in [1.165, 1.54) is 5.69 Å². The Hall–Kier alpha value is -1.76. The number of nitrogens with zero attached hydrogens (tertiary/aromatic N) is 1. The molecule has 0 aromatic heterocycles. The van der Waals surface area contributed by atoms with Crippen LogP contribution in [0.15, 0.2) is 54.6 Å². The van der Waals surface area contributed by atoms with Crippen molar-refractivity contribution in [1.29, 1.82) is 0 Å². The van der Waals surface area contributed by atoms with E-state index in [1.807, 2.05) is 24.3 Å². The van der Waals surface area contributed by atoms with Crippen molar-refractivity contribution in [3.8, 4) is 0 Å². The summed E-state index contributed by atoms with van der Waals surface area (Å²) >= 11 is 0. The summed E-state index contributed by atoms with van der Waals surface area (Å²) in [5, 5.41) is 0. The Labute approximate surface area is 91.0 Å². The first-order chi connectivity index (χ1) is 7.42. The Bertz CT molecular complexity index is 355. The molecule has 0 N–H and O–H groups in total. The molecule has 2 rings (SSSR count). The Kier molecular flexibility index (Phi) is 3.03. The lowest BCUT2D eigenvalue weighted by Gasteiger charge is -2.22. The molecule has 2 aromatic carbocycles. The largest absolute Gasteiger partial charge is 0.341 e. The van der Waals surface area contributed by atoms with Crippen molar-refractivity contribution >= 4 is 11.4 Å². The van der Waals surface area contributed by atoms with Gasteiger partial charge in [-0.2, -0.15) is 0 Å². The Balaban J connectivity index is 2.34. The van der Waals surface area contributed by atoms with Gasteiger partial charge in [0, 0.05) is 24.0 Å². The molecule has 0 amide bonds. The van der Waals surface area contributed by atoms with Gasteiger partial charge in [0.2, 0.25) is 0 Å². The van der Waals surface area contributed by atoms with E-state index < -0.39 is 0 Å². The number of anilines is 2. The van der Waals surface area contributed by atoms with Crippen LogP contribution in [-0.4, -0.2) is 6.54 Å². The van der Waals surface area contributed by atoms with Gasteiger partial charge < -0.3 is 4.90 Å². The standard InChI is InChI=1S/C14H14N/c1-2-15(13-9-5-3-6-10-13)14-11-7-4-8-12-14/h3-11H,2H2,1H3. The zero-order valence-electron chi connectivity index (χ0n) is 8.85. The van der Waals surface area contributed by atoms with Crippen molar-refractivity contribution in [3.63, 3.8) is 0 Å². The lowest BCUT2D eigenvalue weighted by atomic mass is 10.2. The van der Waals surface area contributed by atoms with Gasteiger partial charge in [0.25, 0.3) is 0 Å². The van der Waals surface area contributed by atoms with Crippen LogP contribution in [0.5, 0.6) is 0 Å². The van der Waals surface area contributed by atoms with Gasteiger partial charge in [-0.3, -0.25) is 0 Å². The monoisotopic (exact) mass is 196 g/mol. The van der Waals surface area contributed by atoms with Crippen LogP contribution >= 0.6 is 0 Å². The van der Waals surface area contributed by atoms with Crippen LogP contribution in [0.2, 0.25) is 0 Å². The van der Waals surface area contributed by atoms with E-state index in [4.69, 9.17) is 0 Å². The maximum atomic E-state index is 3.24. The van der Waals surface area contributed by atoms with Crippen LogP contribution in [0.1, 0.15) is 6.92 Å². The van der Waals surface area contributed by atoms with Crippen molar-refractivity contribution < 1.29 is 0 Å². The van der Waals surface area contributed by atoms with Gasteiger partial charge in [-0.05, 0) is 25.1 Å². The zero-order chi connectivity index (χ0) is 10.5. The predicted octanol–water partition coefficient (Wildman–Crippen LogP) is 3.64. The topological polar surface area (TPSA) is 3.24 Å². The molecule has 1 radical (unpaired) electrons. The summed E-state index contributed by atoms with van der Waals surface area (Å²) < 4.78 is 0. The van der Waals surface area contributed by atoms with E-state index in [0.717, 1.165) is 12.2 Å². The van der Waals surface area contributed by atoms with Crippen LogP contribution in [0, 0.1) is 6.07 Å². The van der Waals surface area contributed by atoms with E-state index >= 15 is 0 Å². The smallest absolute Gasteiger partial charge is 0.0491 e. The van der Waals surface area contributed by atoms with Crippen molar-refractivity contribution in [2.24, 2.45) is 0 Å². The van der Waals surface area contributed by atoms with Gasteiger partial charge >= 0.3 is 0 Å². The average molecular weight is 196 g/mol. The molecule has 0 aliphatic heterocycles. The number of benzene rings is 2.